The summed E-state index contributed by atoms with van der Waals surface area (Å²) in [6.07, 6.45) is -1.95. The number of alkyl halides is 3. The maximum absolute atomic E-state index is 13.4. The summed E-state index contributed by atoms with van der Waals surface area (Å²) in [5, 5.41) is 3.94. The lowest BCUT2D eigenvalue weighted by atomic mass is 9.90. The largest absolute Gasteiger partial charge is 0.416 e. The zero-order valence-electron chi connectivity index (χ0n) is 16.1. The average molecular weight is 452 g/mol. The van der Waals surface area contributed by atoms with Crippen molar-refractivity contribution in [1.29, 1.82) is 0 Å². The Labute approximate surface area is 175 Å². The first-order valence-corrected chi connectivity index (χ1v) is 10.5. The van der Waals surface area contributed by atoms with Crippen molar-refractivity contribution in [2.45, 2.75) is 17.1 Å². The van der Waals surface area contributed by atoms with Gasteiger partial charge in [-0.1, -0.05) is 24.3 Å². The van der Waals surface area contributed by atoms with Gasteiger partial charge in [0.1, 0.15) is 5.82 Å². The summed E-state index contributed by atoms with van der Waals surface area (Å²) in [5.41, 5.74) is -0.0899. The standard InChI is InChI=1S/C20H16F4N4O2S/c1-27-11-18(25-12-27)31(29,30)28-10-17(13-5-7-16(21)8-6-13)19(26-28)14-3-2-4-15(9-14)20(22,23)24/h2-9,11-12,17H,10H2,1H3. The van der Waals surface area contributed by atoms with Gasteiger partial charge in [-0.2, -0.15) is 31.1 Å². The number of aromatic nitrogens is 2. The Hall–Kier alpha value is -3.21. The van der Waals surface area contributed by atoms with Gasteiger partial charge in [0, 0.05) is 19.2 Å². The third kappa shape index (κ3) is 4.05. The van der Waals surface area contributed by atoms with E-state index in [1.807, 2.05) is 0 Å². The van der Waals surface area contributed by atoms with Crippen LogP contribution < -0.4 is 0 Å². The minimum Gasteiger partial charge on any atom is -0.339 e. The molecule has 2 aromatic carbocycles. The van der Waals surface area contributed by atoms with Gasteiger partial charge in [0.25, 0.3) is 10.0 Å². The number of hydrogen-bond donors (Lipinski definition) is 0. The van der Waals surface area contributed by atoms with Crippen LogP contribution in [0.3, 0.4) is 0 Å². The Morgan fingerprint density at radius 3 is 2.42 bits per heavy atom. The molecule has 0 aliphatic carbocycles. The molecule has 0 amide bonds. The van der Waals surface area contributed by atoms with Crippen LogP contribution in [0.2, 0.25) is 0 Å². The van der Waals surface area contributed by atoms with Crippen LogP contribution in [0.5, 0.6) is 0 Å². The predicted octanol–water partition coefficient (Wildman–Crippen LogP) is 3.77. The van der Waals surface area contributed by atoms with Crippen LogP contribution in [-0.4, -0.2) is 34.6 Å². The van der Waals surface area contributed by atoms with Crippen LogP contribution in [0.1, 0.15) is 22.6 Å². The van der Waals surface area contributed by atoms with Gasteiger partial charge in [-0.3, -0.25) is 0 Å². The highest BCUT2D eigenvalue weighted by Crippen LogP contribution is 2.35. The molecule has 3 aromatic rings. The normalized spacial score (nSPS) is 17.1. The fraction of sp³-hybridized carbons (Fsp3) is 0.200. The monoisotopic (exact) mass is 452 g/mol. The molecule has 4 rings (SSSR count). The highest BCUT2D eigenvalue weighted by atomic mass is 32.2. The van der Waals surface area contributed by atoms with Crippen LogP contribution >= 0.6 is 0 Å². The Morgan fingerprint density at radius 2 is 1.81 bits per heavy atom. The molecule has 1 aromatic heterocycles. The number of halogens is 4. The van der Waals surface area contributed by atoms with Gasteiger partial charge < -0.3 is 4.57 Å². The third-order valence-electron chi connectivity index (χ3n) is 4.87. The van der Waals surface area contributed by atoms with Crippen LogP contribution in [0, 0.1) is 5.82 Å². The molecule has 1 aliphatic heterocycles. The smallest absolute Gasteiger partial charge is 0.339 e. The molecular formula is C20H16F4N4O2S. The fourth-order valence-electron chi connectivity index (χ4n) is 3.33. The molecule has 1 aliphatic rings. The minimum absolute atomic E-state index is 0.128. The van der Waals surface area contributed by atoms with E-state index < -0.39 is 33.5 Å². The van der Waals surface area contributed by atoms with Crippen molar-refractivity contribution in [3.63, 3.8) is 0 Å². The zero-order chi connectivity index (χ0) is 22.4. The molecule has 0 spiro atoms. The van der Waals surface area contributed by atoms with E-state index in [4.69, 9.17) is 0 Å². The van der Waals surface area contributed by atoms with E-state index in [1.165, 1.54) is 53.5 Å². The molecular weight excluding hydrogens is 436 g/mol. The highest BCUT2D eigenvalue weighted by Gasteiger charge is 2.38. The molecule has 31 heavy (non-hydrogen) atoms. The number of sulfonamides is 1. The number of imidazole rings is 1. The summed E-state index contributed by atoms with van der Waals surface area (Å²) in [5.74, 6) is -1.18. The van der Waals surface area contributed by atoms with Gasteiger partial charge >= 0.3 is 6.18 Å². The minimum atomic E-state index is -4.57. The molecule has 11 heteroatoms. The number of aryl methyl sites for hydroxylation is 1. The lowest BCUT2D eigenvalue weighted by molar-refractivity contribution is -0.137. The maximum atomic E-state index is 13.4. The Morgan fingerprint density at radius 1 is 1.10 bits per heavy atom. The van der Waals surface area contributed by atoms with Gasteiger partial charge in [-0.05, 0) is 35.4 Å². The molecule has 1 unspecified atom stereocenters. The van der Waals surface area contributed by atoms with Crippen LogP contribution in [-0.2, 0) is 23.2 Å². The zero-order valence-corrected chi connectivity index (χ0v) is 16.9. The van der Waals surface area contributed by atoms with E-state index in [0.717, 1.165) is 16.5 Å². The van der Waals surface area contributed by atoms with Gasteiger partial charge in [0.2, 0.25) is 0 Å². The lowest BCUT2D eigenvalue weighted by Gasteiger charge is -2.16. The number of hydrogen-bond acceptors (Lipinski definition) is 4. The Bertz CT molecular complexity index is 1250. The summed E-state index contributed by atoms with van der Waals surface area (Å²) in [4.78, 5) is 3.85. The van der Waals surface area contributed by atoms with E-state index in [2.05, 4.69) is 10.1 Å². The first-order chi connectivity index (χ1) is 14.6. The lowest BCUT2D eigenvalue weighted by Crippen LogP contribution is -2.26. The number of rotatable bonds is 4. The second-order valence-corrected chi connectivity index (χ2v) is 8.85. The second-order valence-electron chi connectivity index (χ2n) is 7.06. The van der Waals surface area contributed by atoms with Crippen molar-refractivity contribution in [1.82, 2.24) is 14.0 Å². The van der Waals surface area contributed by atoms with Crippen molar-refractivity contribution < 1.29 is 26.0 Å². The van der Waals surface area contributed by atoms with Crippen LogP contribution in [0.25, 0.3) is 0 Å². The van der Waals surface area contributed by atoms with Crippen molar-refractivity contribution in [3.8, 4) is 0 Å². The Kier molecular flexibility index (Phi) is 5.08. The van der Waals surface area contributed by atoms with Gasteiger partial charge in [-0.15, -0.1) is 0 Å². The number of hydrazone groups is 1. The molecule has 0 saturated heterocycles. The summed E-state index contributed by atoms with van der Waals surface area (Å²) in [6, 6.07) is 9.84. The van der Waals surface area contributed by atoms with E-state index in [1.54, 1.807) is 7.05 Å². The van der Waals surface area contributed by atoms with E-state index in [9.17, 15) is 26.0 Å². The van der Waals surface area contributed by atoms with Crippen molar-refractivity contribution in [2.24, 2.45) is 12.1 Å². The summed E-state index contributed by atoms with van der Waals surface area (Å²) >= 11 is 0. The molecule has 0 bridgehead atoms. The van der Waals surface area contributed by atoms with E-state index in [-0.39, 0.29) is 22.8 Å². The molecule has 0 saturated carbocycles. The van der Waals surface area contributed by atoms with E-state index in [0.29, 0.717) is 5.56 Å². The molecule has 0 fully saturated rings. The molecule has 1 atom stereocenters. The SMILES string of the molecule is Cn1cnc(S(=O)(=O)N2CC(c3ccc(F)cc3)C(c3cccc(C(F)(F)F)c3)=N2)c1. The van der Waals surface area contributed by atoms with Crippen molar-refractivity contribution in [3.05, 3.63) is 83.6 Å². The predicted molar refractivity (Wildman–Crippen MR) is 104 cm³/mol. The summed E-state index contributed by atoms with van der Waals surface area (Å²) in [7, 11) is -2.52. The second kappa shape index (κ2) is 7.49. The summed E-state index contributed by atoms with van der Waals surface area (Å²) < 4.78 is 81.3. The van der Waals surface area contributed by atoms with Crippen LogP contribution in [0.4, 0.5) is 17.6 Å². The first-order valence-electron chi connectivity index (χ1n) is 9.08. The topological polar surface area (TPSA) is 67.6 Å². The summed E-state index contributed by atoms with van der Waals surface area (Å²) in [6.45, 7) is -0.157. The number of nitrogens with zero attached hydrogens (tertiary/aromatic N) is 4. The van der Waals surface area contributed by atoms with Crippen LogP contribution in [0.15, 0.2) is 71.2 Å². The highest BCUT2D eigenvalue weighted by molar-refractivity contribution is 7.89. The number of benzene rings is 2. The molecule has 2 heterocycles. The quantitative estimate of drug-likeness (QED) is 0.566. The fourth-order valence-corrected chi connectivity index (χ4v) is 4.56. The first kappa shape index (κ1) is 21.0. The average Bonchev–Trinajstić information content (AvgIpc) is 3.36. The third-order valence-corrected chi connectivity index (χ3v) is 6.39. The van der Waals surface area contributed by atoms with Crippen molar-refractivity contribution >= 4 is 15.7 Å². The van der Waals surface area contributed by atoms with Gasteiger partial charge in [0.15, 0.2) is 5.03 Å². The molecule has 0 N–H and O–H groups in total. The van der Waals surface area contributed by atoms with E-state index >= 15 is 0 Å². The molecule has 6 nitrogen and oxygen atoms in total. The van der Waals surface area contributed by atoms with Crippen molar-refractivity contribution in [2.75, 3.05) is 6.54 Å². The van der Waals surface area contributed by atoms with Gasteiger partial charge in [-0.25, -0.2) is 9.37 Å². The molecule has 0 radical (unpaired) electrons. The molecule has 162 valence electrons. The maximum Gasteiger partial charge on any atom is 0.416 e. The Balaban J connectivity index is 1.81. The van der Waals surface area contributed by atoms with Gasteiger partial charge in [0.05, 0.1) is 24.1 Å².